The highest BCUT2D eigenvalue weighted by Gasteiger charge is 2.08. The van der Waals surface area contributed by atoms with E-state index in [1.165, 1.54) is 0 Å². The second-order valence-electron chi connectivity index (χ2n) is 4.43. The topological polar surface area (TPSA) is 194 Å². The van der Waals surface area contributed by atoms with Crippen LogP contribution in [0.15, 0.2) is 11.0 Å². The van der Waals surface area contributed by atoms with Crippen LogP contribution in [0, 0.1) is 0 Å². The lowest BCUT2D eigenvalue weighted by molar-refractivity contribution is -0.135. The third-order valence-corrected chi connectivity index (χ3v) is 2.24. The number of nitrogens with zero attached hydrogens (tertiary/aromatic N) is 1. The van der Waals surface area contributed by atoms with Gasteiger partial charge in [-0.1, -0.05) is 0 Å². The third-order valence-electron chi connectivity index (χ3n) is 2.24. The first-order chi connectivity index (χ1) is 11.2. The molecule has 2 aromatic heterocycles. The van der Waals surface area contributed by atoms with Crippen LogP contribution in [0.5, 0.6) is 0 Å². The molecule has 0 aliphatic carbocycles. The predicted octanol–water partition coefficient (Wildman–Crippen LogP) is -0.903. The number of rotatable bonds is 4. The van der Waals surface area contributed by atoms with E-state index in [0.29, 0.717) is 24.1 Å². The lowest BCUT2D eigenvalue weighted by atomic mass is 10.3. The Kier molecular flexibility index (Phi) is 9.44. The highest BCUT2D eigenvalue weighted by Crippen LogP contribution is 2.12. The molecule has 0 saturated heterocycles. The van der Waals surface area contributed by atoms with Gasteiger partial charge >= 0.3 is 0 Å². The number of H-pyrrole nitrogens is 2. The van der Waals surface area contributed by atoms with Crippen LogP contribution in [0.3, 0.4) is 0 Å². The van der Waals surface area contributed by atoms with E-state index in [1.54, 1.807) is 6.20 Å². The number of fused-ring (bicyclic) bond motifs is 1. The maximum atomic E-state index is 11.5. The molecule has 24 heavy (non-hydrogen) atoms. The van der Waals surface area contributed by atoms with E-state index < -0.39 is 11.9 Å². The van der Waals surface area contributed by atoms with Gasteiger partial charge < -0.3 is 31.4 Å². The van der Waals surface area contributed by atoms with E-state index in [-0.39, 0.29) is 18.1 Å². The fourth-order valence-electron chi connectivity index (χ4n) is 1.52. The number of hydrogen-bond acceptors (Lipinski definition) is 7. The summed E-state index contributed by atoms with van der Waals surface area (Å²) in [6.45, 7) is 3.25. The number of carbonyl (C=O) groups is 2. The molecule has 134 valence electrons. The van der Waals surface area contributed by atoms with Crippen molar-refractivity contribution in [3.8, 4) is 0 Å². The Bertz CT molecular complexity index is 703. The van der Waals surface area contributed by atoms with Crippen LogP contribution in [0.1, 0.15) is 19.4 Å². The first kappa shape index (κ1) is 21.1. The molecule has 0 unspecified atom stereocenters. The van der Waals surface area contributed by atoms with Crippen LogP contribution in [0.4, 0.5) is 5.95 Å². The Morgan fingerprint density at radius 1 is 1.29 bits per heavy atom. The Labute approximate surface area is 136 Å². The van der Waals surface area contributed by atoms with Crippen molar-refractivity contribution >= 4 is 28.9 Å². The third kappa shape index (κ3) is 8.51. The molecule has 0 aliphatic rings. The van der Waals surface area contributed by atoms with Gasteiger partial charge in [0.2, 0.25) is 5.95 Å². The van der Waals surface area contributed by atoms with E-state index >= 15 is 0 Å². The van der Waals surface area contributed by atoms with Crippen molar-refractivity contribution in [3.05, 3.63) is 22.1 Å². The van der Waals surface area contributed by atoms with E-state index in [9.17, 15) is 4.79 Å². The zero-order valence-electron chi connectivity index (χ0n) is 13.3. The minimum absolute atomic E-state index is 0.0680. The molecule has 0 amide bonds. The lowest BCUT2D eigenvalue weighted by Gasteiger charge is -2.00. The van der Waals surface area contributed by atoms with E-state index in [2.05, 4.69) is 20.3 Å². The fraction of sp³-hybridized carbons (Fsp3) is 0.385. The van der Waals surface area contributed by atoms with Crippen LogP contribution in [-0.2, 0) is 16.1 Å². The molecule has 11 nitrogen and oxygen atoms in total. The van der Waals surface area contributed by atoms with Crippen LogP contribution >= 0.6 is 0 Å². The molecule has 2 aromatic rings. The van der Waals surface area contributed by atoms with E-state index in [0.717, 1.165) is 19.4 Å². The number of aliphatic hydroxyl groups excluding tert-OH is 1. The van der Waals surface area contributed by atoms with Gasteiger partial charge in [0.15, 0.2) is 0 Å². The molecule has 0 atom stereocenters. The molecule has 0 radical (unpaired) electrons. The van der Waals surface area contributed by atoms with Crippen LogP contribution in [-0.4, -0.2) is 55.4 Å². The number of nitrogen functional groups attached to an aromatic ring is 1. The van der Waals surface area contributed by atoms with E-state index in [1.807, 2.05) is 0 Å². The summed E-state index contributed by atoms with van der Waals surface area (Å²) in [6, 6.07) is 0. The van der Waals surface area contributed by atoms with Crippen LogP contribution in [0.25, 0.3) is 11.0 Å². The number of hydrogen-bond donors (Lipinski definition) is 7. The molecule has 0 spiro atoms. The Morgan fingerprint density at radius 2 is 1.83 bits per heavy atom. The van der Waals surface area contributed by atoms with Crippen LogP contribution < -0.4 is 16.6 Å². The number of carboxylic acid groups (broad SMARTS) is 2. The second-order valence-corrected chi connectivity index (χ2v) is 4.43. The summed E-state index contributed by atoms with van der Waals surface area (Å²) in [5, 5.41) is 26.5. The Balaban J connectivity index is 0.000000558. The average molecular weight is 343 g/mol. The van der Waals surface area contributed by atoms with Crippen molar-refractivity contribution in [1.29, 1.82) is 0 Å². The quantitative estimate of drug-likeness (QED) is 0.344. The maximum absolute atomic E-state index is 11.5. The molecule has 0 fully saturated rings. The van der Waals surface area contributed by atoms with Crippen molar-refractivity contribution in [2.45, 2.75) is 20.4 Å². The number of aliphatic hydroxyl groups is 1. The minimum atomic E-state index is -0.833. The van der Waals surface area contributed by atoms with Crippen LogP contribution in [0.2, 0.25) is 0 Å². The molecule has 0 bridgehead atoms. The standard InChI is InChI=1S/C9H13N5O2.2C2H4O2/c10-9-13-6-5(3-11-1-2-15)4-12-7(6)8(16)14-9;2*1-2(3)4/h4,11-12,15H,1-3H2,(H3,10,13,14,16);2*1H3,(H,3,4). The molecular formula is C13H21N5O6. The molecule has 2 heterocycles. The average Bonchev–Trinajstić information content (AvgIpc) is 2.81. The summed E-state index contributed by atoms with van der Waals surface area (Å²) in [5.74, 6) is -1.57. The Hall–Kier alpha value is -2.92. The number of anilines is 1. The zero-order valence-corrected chi connectivity index (χ0v) is 13.3. The van der Waals surface area contributed by atoms with Gasteiger partial charge in [-0.3, -0.25) is 19.4 Å². The summed E-state index contributed by atoms with van der Waals surface area (Å²) < 4.78 is 0. The number of aromatic amines is 2. The molecule has 0 aliphatic heterocycles. The number of carboxylic acids is 2. The van der Waals surface area contributed by atoms with Gasteiger partial charge in [0.1, 0.15) is 11.0 Å². The summed E-state index contributed by atoms with van der Waals surface area (Å²) in [7, 11) is 0. The summed E-state index contributed by atoms with van der Waals surface area (Å²) in [4.78, 5) is 38.8. The molecule has 8 N–H and O–H groups in total. The zero-order chi connectivity index (χ0) is 18.7. The molecule has 0 aromatic carbocycles. The number of aromatic nitrogens is 3. The number of nitrogens with one attached hydrogen (secondary N) is 3. The predicted molar refractivity (Wildman–Crippen MR) is 86.5 cm³/mol. The second kappa shape index (κ2) is 10.7. The van der Waals surface area contributed by atoms with Gasteiger partial charge in [0.05, 0.1) is 6.61 Å². The van der Waals surface area contributed by atoms with Gasteiger partial charge in [-0.15, -0.1) is 0 Å². The molecule has 11 heteroatoms. The van der Waals surface area contributed by atoms with Crippen molar-refractivity contribution in [2.75, 3.05) is 18.9 Å². The fourth-order valence-corrected chi connectivity index (χ4v) is 1.52. The van der Waals surface area contributed by atoms with Gasteiger partial charge in [-0.2, -0.15) is 0 Å². The first-order valence-corrected chi connectivity index (χ1v) is 6.75. The smallest absolute Gasteiger partial charge is 0.300 e. The number of aliphatic carboxylic acids is 2. The summed E-state index contributed by atoms with van der Waals surface area (Å²) in [6.07, 6.45) is 1.71. The van der Waals surface area contributed by atoms with Gasteiger partial charge in [-0.05, 0) is 0 Å². The molecule has 0 saturated carbocycles. The summed E-state index contributed by atoms with van der Waals surface area (Å²) in [5.41, 5.74) is 7.01. The van der Waals surface area contributed by atoms with Crippen molar-refractivity contribution < 1.29 is 24.9 Å². The molecule has 2 rings (SSSR count). The number of nitrogens with two attached hydrogens (primary N) is 1. The summed E-state index contributed by atoms with van der Waals surface area (Å²) >= 11 is 0. The van der Waals surface area contributed by atoms with Gasteiger partial charge in [0.25, 0.3) is 17.5 Å². The highest BCUT2D eigenvalue weighted by atomic mass is 16.4. The monoisotopic (exact) mass is 343 g/mol. The first-order valence-electron chi connectivity index (χ1n) is 6.75. The lowest BCUT2D eigenvalue weighted by Crippen LogP contribution is -2.17. The minimum Gasteiger partial charge on any atom is -0.481 e. The largest absolute Gasteiger partial charge is 0.481 e. The maximum Gasteiger partial charge on any atom is 0.300 e. The SMILES string of the molecule is CC(=O)O.CC(=O)O.Nc1nc2c(CNCCO)c[nH]c2c(=O)[nH]1. The van der Waals surface area contributed by atoms with Crippen molar-refractivity contribution in [2.24, 2.45) is 0 Å². The van der Waals surface area contributed by atoms with Crippen molar-refractivity contribution in [3.63, 3.8) is 0 Å². The highest BCUT2D eigenvalue weighted by molar-refractivity contribution is 5.78. The Morgan fingerprint density at radius 3 is 2.33 bits per heavy atom. The van der Waals surface area contributed by atoms with Crippen molar-refractivity contribution in [1.82, 2.24) is 20.3 Å². The normalized spacial score (nSPS) is 9.46. The van der Waals surface area contributed by atoms with Gasteiger partial charge in [-0.25, -0.2) is 4.98 Å². The van der Waals surface area contributed by atoms with E-state index in [4.69, 9.17) is 30.6 Å². The van der Waals surface area contributed by atoms with Gasteiger partial charge in [0, 0.05) is 38.7 Å². The molecular weight excluding hydrogens is 322 g/mol.